The van der Waals surface area contributed by atoms with E-state index in [1.165, 1.54) is 12.8 Å². The molecule has 1 spiro atoms. The fourth-order valence-corrected chi connectivity index (χ4v) is 3.81. The van der Waals surface area contributed by atoms with Crippen molar-refractivity contribution >= 4 is 5.97 Å². The second kappa shape index (κ2) is 7.32. The molecule has 0 amide bonds. The molecule has 2 aliphatic rings. The summed E-state index contributed by atoms with van der Waals surface area (Å²) < 4.78 is 11.0. The number of benzene rings is 1. The van der Waals surface area contributed by atoms with Crippen LogP contribution >= 0.6 is 0 Å². The normalized spacial score (nSPS) is 21.2. The van der Waals surface area contributed by atoms with Crippen molar-refractivity contribution in [2.24, 2.45) is 5.41 Å². The van der Waals surface area contributed by atoms with Crippen LogP contribution in [0.3, 0.4) is 0 Å². The molecule has 1 N–H and O–H groups in total. The highest BCUT2D eigenvalue weighted by Crippen LogP contribution is 2.39. The number of nitrogens with zero attached hydrogens (tertiary/aromatic N) is 1. The van der Waals surface area contributed by atoms with Crippen LogP contribution in [-0.4, -0.2) is 48.9 Å². The zero-order valence-corrected chi connectivity index (χ0v) is 13.5. The highest BCUT2D eigenvalue weighted by molar-refractivity contribution is 5.68. The molecule has 0 bridgehead atoms. The van der Waals surface area contributed by atoms with Gasteiger partial charge in [0, 0.05) is 31.9 Å². The molecular weight excluding hydrogens is 294 g/mol. The fraction of sp³-hybridized carbons (Fsp3) is 0.611. The van der Waals surface area contributed by atoms with Gasteiger partial charge in [-0.05, 0) is 43.7 Å². The first-order chi connectivity index (χ1) is 11.2. The number of rotatable bonds is 5. The molecule has 1 aromatic rings. The molecule has 0 atom stereocenters. The molecule has 2 aliphatic heterocycles. The average Bonchev–Trinajstić information content (AvgIpc) is 2.55. The fourth-order valence-electron chi connectivity index (χ4n) is 3.81. The van der Waals surface area contributed by atoms with Gasteiger partial charge >= 0.3 is 5.97 Å². The Balaban J connectivity index is 1.65. The maximum Gasteiger partial charge on any atom is 0.341 e. The number of carboxylic acid groups (broad SMARTS) is 1. The Kier molecular flexibility index (Phi) is 5.18. The van der Waals surface area contributed by atoms with Crippen molar-refractivity contribution < 1.29 is 19.4 Å². The smallest absolute Gasteiger partial charge is 0.341 e. The van der Waals surface area contributed by atoms with Crippen molar-refractivity contribution in [3.8, 4) is 5.75 Å². The van der Waals surface area contributed by atoms with Crippen LogP contribution in [0.4, 0.5) is 0 Å². The molecule has 5 nitrogen and oxygen atoms in total. The van der Waals surface area contributed by atoms with Crippen LogP contribution in [0.15, 0.2) is 24.3 Å². The number of piperidine rings is 1. The number of hydrogen-bond acceptors (Lipinski definition) is 4. The summed E-state index contributed by atoms with van der Waals surface area (Å²) in [6.45, 7) is 4.48. The third-order valence-corrected chi connectivity index (χ3v) is 5.01. The molecule has 23 heavy (non-hydrogen) atoms. The first kappa shape index (κ1) is 16.3. The Hall–Kier alpha value is -1.59. The van der Waals surface area contributed by atoms with Gasteiger partial charge in [-0.15, -0.1) is 0 Å². The van der Waals surface area contributed by atoms with E-state index in [9.17, 15) is 4.79 Å². The zero-order valence-electron chi connectivity index (χ0n) is 13.5. The molecule has 2 saturated heterocycles. The summed E-state index contributed by atoms with van der Waals surface area (Å²) in [5.41, 5.74) is 1.48. The van der Waals surface area contributed by atoms with Crippen LogP contribution < -0.4 is 4.74 Å². The maximum absolute atomic E-state index is 10.7. The molecule has 126 valence electrons. The van der Waals surface area contributed by atoms with Gasteiger partial charge in [-0.2, -0.15) is 0 Å². The van der Waals surface area contributed by atoms with Crippen molar-refractivity contribution in [2.45, 2.75) is 32.2 Å². The van der Waals surface area contributed by atoms with Gasteiger partial charge in [0.05, 0.1) is 0 Å². The molecule has 0 aromatic heterocycles. The predicted molar refractivity (Wildman–Crippen MR) is 86.6 cm³/mol. The second-order valence-corrected chi connectivity index (χ2v) is 6.72. The van der Waals surface area contributed by atoms with E-state index in [4.69, 9.17) is 14.6 Å². The van der Waals surface area contributed by atoms with Crippen molar-refractivity contribution in [3.63, 3.8) is 0 Å². The lowest BCUT2D eigenvalue weighted by Crippen LogP contribution is -2.45. The topological polar surface area (TPSA) is 59.0 Å². The van der Waals surface area contributed by atoms with Crippen LogP contribution in [0, 0.1) is 5.41 Å². The van der Waals surface area contributed by atoms with Gasteiger partial charge in [0.2, 0.25) is 0 Å². The highest BCUT2D eigenvalue weighted by Gasteiger charge is 2.36. The van der Waals surface area contributed by atoms with Gasteiger partial charge in [0.15, 0.2) is 6.61 Å². The number of carbonyl (C=O) groups is 1. The number of ether oxygens (including phenoxy) is 2. The van der Waals surface area contributed by atoms with Gasteiger partial charge in [-0.1, -0.05) is 18.2 Å². The minimum absolute atomic E-state index is 0.293. The largest absolute Gasteiger partial charge is 0.482 e. The first-order valence-corrected chi connectivity index (χ1v) is 8.40. The Morgan fingerprint density at radius 3 is 2.83 bits per heavy atom. The number of aliphatic carboxylic acids is 1. The Morgan fingerprint density at radius 1 is 1.26 bits per heavy atom. The van der Waals surface area contributed by atoms with Crippen LogP contribution in [0.1, 0.15) is 31.2 Å². The van der Waals surface area contributed by atoms with E-state index in [1.807, 2.05) is 24.3 Å². The summed E-state index contributed by atoms with van der Waals surface area (Å²) in [5.74, 6) is -0.263. The Bertz CT molecular complexity index is 534. The van der Waals surface area contributed by atoms with Gasteiger partial charge in [-0.3, -0.25) is 4.90 Å². The molecule has 0 radical (unpaired) electrons. The van der Waals surface area contributed by atoms with Crippen LogP contribution in [0.2, 0.25) is 0 Å². The van der Waals surface area contributed by atoms with E-state index in [2.05, 4.69) is 4.90 Å². The van der Waals surface area contributed by atoms with Crippen LogP contribution in [-0.2, 0) is 16.1 Å². The quantitative estimate of drug-likeness (QED) is 0.904. The Morgan fingerprint density at radius 2 is 2.04 bits per heavy atom. The number of carboxylic acids is 1. The second-order valence-electron chi connectivity index (χ2n) is 6.72. The summed E-state index contributed by atoms with van der Waals surface area (Å²) in [4.78, 5) is 13.2. The predicted octanol–water partition coefficient (Wildman–Crippen LogP) is 2.54. The van der Waals surface area contributed by atoms with Gasteiger partial charge in [-0.25, -0.2) is 4.79 Å². The van der Waals surface area contributed by atoms with Gasteiger partial charge in [0.25, 0.3) is 0 Å². The number of likely N-dealkylation sites (tertiary alicyclic amines) is 1. The lowest BCUT2D eigenvalue weighted by atomic mass is 9.74. The van der Waals surface area contributed by atoms with Crippen molar-refractivity contribution in [3.05, 3.63) is 29.8 Å². The standard InChI is InChI=1S/C18H25NO4/c20-17(21)13-23-16-5-2-1-4-15(16)12-19-9-3-6-18(14-19)7-10-22-11-8-18/h1-2,4-5H,3,6-14H2,(H,20,21). The summed E-state index contributed by atoms with van der Waals surface area (Å²) in [7, 11) is 0. The molecule has 0 saturated carbocycles. The van der Waals surface area contributed by atoms with Crippen molar-refractivity contribution in [1.29, 1.82) is 0 Å². The third-order valence-electron chi connectivity index (χ3n) is 5.01. The molecule has 1 aromatic carbocycles. The molecule has 0 unspecified atom stereocenters. The summed E-state index contributed by atoms with van der Waals surface area (Å²) in [5, 5.41) is 8.81. The number of hydrogen-bond donors (Lipinski definition) is 1. The van der Waals surface area contributed by atoms with Gasteiger partial charge < -0.3 is 14.6 Å². The zero-order chi connectivity index (χ0) is 16.1. The lowest BCUT2D eigenvalue weighted by molar-refractivity contribution is -0.139. The van der Waals surface area contributed by atoms with Crippen molar-refractivity contribution in [1.82, 2.24) is 4.90 Å². The Labute approximate surface area is 137 Å². The van der Waals surface area contributed by atoms with Crippen molar-refractivity contribution in [2.75, 3.05) is 32.9 Å². The summed E-state index contributed by atoms with van der Waals surface area (Å²) in [6.07, 6.45) is 4.82. The van der Waals surface area contributed by atoms with Gasteiger partial charge in [0.1, 0.15) is 5.75 Å². The first-order valence-electron chi connectivity index (χ1n) is 8.40. The van der Waals surface area contributed by atoms with E-state index >= 15 is 0 Å². The molecular formula is C18H25NO4. The minimum Gasteiger partial charge on any atom is -0.482 e. The summed E-state index contributed by atoms with van der Waals surface area (Å²) in [6, 6.07) is 7.75. The molecule has 5 heteroatoms. The van der Waals surface area contributed by atoms with E-state index in [1.54, 1.807) is 0 Å². The lowest BCUT2D eigenvalue weighted by Gasteiger charge is -2.45. The van der Waals surface area contributed by atoms with E-state index in [0.29, 0.717) is 11.2 Å². The molecule has 0 aliphatic carbocycles. The molecule has 3 rings (SSSR count). The highest BCUT2D eigenvalue weighted by atomic mass is 16.5. The van der Waals surface area contributed by atoms with E-state index in [0.717, 1.165) is 51.3 Å². The minimum atomic E-state index is -0.945. The van der Waals surface area contributed by atoms with Crippen LogP contribution in [0.25, 0.3) is 0 Å². The average molecular weight is 319 g/mol. The third kappa shape index (κ3) is 4.24. The number of para-hydroxylation sites is 1. The molecule has 2 fully saturated rings. The summed E-state index contributed by atoms with van der Waals surface area (Å²) >= 11 is 0. The molecule has 2 heterocycles. The SMILES string of the molecule is O=C(O)COc1ccccc1CN1CCCC2(CCOCC2)C1. The van der Waals surface area contributed by atoms with Crippen LogP contribution in [0.5, 0.6) is 5.75 Å². The van der Waals surface area contributed by atoms with E-state index in [-0.39, 0.29) is 6.61 Å². The van der Waals surface area contributed by atoms with E-state index < -0.39 is 5.97 Å². The maximum atomic E-state index is 10.7. The monoisotopic (exact) mass is 319 g/mol.